The molecule has 0 aliphatic heterocycles. The molecule has 2 rings (SSSR count). The number of hydrogen-bond donors (Lipinski definition) is 1. The van der Waals surface area contributed by atoms with Crippen molar-refractivity contribution in [2.75, 3.05) is 13.7 Å². The molecule has 1 aliphatic rings. The highest BCUT2D eigenvalue weighted by atomic mass is 16.5. The number of carboxylic acid groups (broad SMARTS) is 1. The van der Waals surface area contributed by atoms with Crippen molar-refractivity contribution in [1.29, 1.82) is 0 Å². The van der Waals surface area contributed by atoms with Gasteiger partial charge in [-0.3, -0.25) is 4.79 Å². The van der Waals surface area contributed by atoms with E-state index in [0.717, 1.165) is 24.3 Å². The molecule has 0 aromatic heterocycles. The summed E-state index contributed by atoms with van der Waals surface area (Å²) in [6.45, 7) is 2.25. The molecule has 1 saturated carbocycles. The summed E-state index contributed by atoms with van der Waals surface area (Å²) < 4.78 is 10.7. The molecule has 1 atom stereocenters. The maximum absolute atomic E-state index is 11.4. The minimum Gasteiger partial charge on any atom is -0.497 e. The van der Waals surface area contributed by atoms with Gasteiger partial charge in [0.25, 0.3) is 0 Å². The van der Waals surface area contributed by atoms with E-state index in [0.29, 0.717) is 18.9 Å². The molecule has 0 radical (unpaired) electrons. The van der Waals surface area contributed by atoms with E-state index in [1.54, 1.807) is 7.11 Å². The molecule has 1 aromatic rings. The van der Waals surface area contributed by atoms with Crippen molar-refractivity contribution in [2.45, 2.75) is 26.2 Å². The minimum absolute atomic E-state index is 0.310. The first-order valence-electron chi connectivity index (χ1n) is 6.56. The third kappa shape index (κ3) is 3.19. The van der Waals surface area contributed by atoms with Gasteiger partial charge >= 0.3 is 5.97 Å². The molecule has 0 saturated heterocycles. The average molecular weight is 264 g/mol. The maximum atomic E-state index is 11.4. The number of benzene rings is 1. The zero-order chi connectivity index (χ0) is 13.9. The lowest BCUT2D eigenvalue weighted by atomic mass is 9.82. The first-order valence-corrected chi connectivity index (χ1v) is 6.56. The highest BCUT2D eigenvalue weighted by molar-refractivity contribution is 5.75. The lowest BCUT2D eigenvalue weighted by Crippen LogP contribution is -2.31. The lowest BCUT2D eigenvalue weighted by molar-refractivity contribution is -0.150. The summed E-state index contributed by atoms with van der Waals surface area (Å²) in [7, 11) is 1.61. The lowest BCUT2D eigenvalue weighted by Gasteiger charge is -2.24. The molecule has 1 aliphatic carbocycles. The van der Waals surface area contributed by atoms with Crippen molar-refractivity contribution in [3.8, 4) is 11.5 Å². The normalized spacial score (nSPS) is 17.6. The molecule has 4 nitrogen and oxygen atoms in total. The standard InChI is InChI=1S/C15H20O4/c1-15(14(16)17,11-3-4-11)9-10-19-13-7-5-12(18-2)6-8-13/h5-8,11H,3-4,9-10H2,1-2H3,(H,16,17). The van der Waals surface area contributed by atoms with Crippen LogP contribution in [0, 0.1) is 11.3 Å². The van der Waals surface area contributed by atoms with Crippen LogP contribution in [0.25, 0.3) is 0 Å². The smallest absolute Gasteiger partial charge is 0.309 e. The second-order valence-corrected chi connectivity index (χ2v) is 5.27. The summed E-state index contributed by atoms with van der Waals surface area (Å²) in [5.74, 6) is 1.11. The van der Waals surface area contributed by atoms with Crippen LogP contribution in [0.3, 0.4) is 0 Å². The van der Waals surface area contributed by atoms with E-state index in [9.17, 15) is 9.90 Å². The van der Waals surface area contributed by atoms with Gasteiger partial charge in [-0.05, 0) is 56.4 Å². The fourth-order valence-corrected chi connectivity index (χ4v) is 2.26. The van der Waals surface area contributed by atoms with Crippen LogP contribution in [0.4, 0.5) is 0 Å². The van der Waals surface area contributed by atoms with E-state index in [1.807, 2.05) is 31.2 Å². The molecular formula is C15H20O4. The molecule has 104 valence electrons. The van der Waals surface area contributed by atoms with E-state index in [4.69, 9.17) is 9.47 Å². The van der Waals surface area contributed by atoms with Gasteiger partial charge in [0.15, 0.2) is 0 Å². The Labute approximate surface area is 113 Å². The van der Waals surface area contributed by atoms with Gasteiger partial charge in [-0.1, -0.05) is 0 Å². The van der Waals surface area contributed by atoms with Crippen molar-refractivity contribution in [2.24, 2.45) is 11.3 Å². The summed E-state index contributed by atoms with van der Waals surface area (Å²) in [6, 6.07) is 7.31. The predicted molar refractivity (Wildman–Crippen MR) is 71.6 cm³/mol. The largest absolute Gasteiger partial charge is 0.497 e. The fraction of sp³-hybridized carbons (Fsp3) is 0.533. The van der Waals surface area contributed by atoms with Crippen molar-refractivity contribution < 1.29 is 19.4 Å². The molecule has 0 heterocycles. The van der Waals surface area contributed by atoms with E-state index in [-0.39, 0.29) is 0 Å². The van der Waals surface area contributed by atoms with Gasteiger partial charge < -0.3 is 14.6 Å². The van der Waals surface area contributed by atoms with Gasteiger partial charge in [-0.2, -0.15) is 0 Å². The molecule has 4 heteroatoms. The third-order valence-electron chi connectivity index (χ3n) is 3.92. The van der Waals surface area contributed by atoms with Crippen LogP contribution in [-0.2, 0) is 4.79 Å². The molecule has 0 amide bonds. The Kier molecular flexibility index (Phi) is 3.98. The fourth-order valence-electron chi connectivity index (χ4n) is 2.26. The Morgan fingerprint density at radius 2 is 1.89 bits per heavy atom. The number of rotatable bonds is 7. The van der Waals surface area contributed by atoms with Crippen LogP contribution in [0.2, 0.25) is 0 Å². The van der Waals surface area contributed by atoms with Gasteiger partial charge in [-0.25, -0.2) is 0 Å². The first kappa shape index (κ1) is 13.7. The molecule has 0 spiro atoms. The zero-order valence-electron chi connectivity index (χ0n) is 11.4. The molecule has 0 bridgehead atoms. The SMILES string of the molecule is COc1ccc(OCCC(C)(C(=O)O)C2CC2)cc1. The van der Waals surface area contributed by atoms with Gasteiger partial charge in [0.2, 0.25) is 0 Å². The Hall–Kier alpha value is -1.71. The van der Waals surface area contributed by atoms with E-state index < -0.39 is 11.4 Å². The monoisotopic (exact) mass is 264 g/mol. The molecule has 1 aromatic carbocycles. The number of methoxy groups -OCH3 is 1. The summed E-state index contributed by atoms with van der Waals surface area (Å²) in [5.41, 5.74) is -0.646. The summed E-state index contributed by atoms with van der Waals surface area (Å²) in [4.78, 5) is 11.4. The van der Waals surface area contributed by atoms with Gasteiger partial charge in [0.1, 0.15) is 11.5 Å². The molecular weight excluding hydrogens is 244 g/mol. The zero-order valence-corrected chi connectivity index (χ0v) is 11.4. The van der Waals surface area contributed by atoms with Gasteiger partial charge in [0.05, 0.1) is 19.1 Å². The average Bonchev–Trinajstić information content (AvgIpc) is 3.23. The number of ether oxygens (including phenoxy) is 2. The van der Waals surface area contributed by atoms with Crippen LogP contribution in [-0.4, -0.2) is 24.8 Å². The van der Waals surface area contributed by atoms with Crippen molar-refractivity contribution in [3.63, 3.8) is 0 Å². The molecule has 1 unspecified atom stereocenters. The highest BCUT2D eigenvalue weighted by Gasteiger charge is 2.47. The Bertz CT molecular complexity index is 436. The highest BCUT2D eigenvalue weighted by Crippen LogP contribution is 2.47. The summed E-state index contributed by atoms with van der Waals surface area (Å²) in [6.07, 6.45) is 2.58. The van der Waals surface area contributed by atoms with Crippen LogP contribution >= 0.6 is 0 Å². The maximum Gasteiger partial charge on any atom is 0.309 e. The number of carbonyl (C=O) groups is 1. The second kappa shape index (κ2) is 5.51. The summed E-state index contributed by atoms with van der Waals surface area (Å²) >= 11 is 0. The van der Waals surface area contributed by atoms with Crippen LogP contribution < -0.4 is 9.47 Å². The number of aliphatic carboxylic acids is 1. The minimum atomic E-state index is -0.715. The quantitative estimate of drug-likeness (QED) is 0.822. The Morgan fingerprint density at radius 3 is 2.37 bits per heavy atom. The number of hydrogen-bond acceptors (Lipinski definition) is 3. The van der Waals surface area contributed by atoms with Crippen LogP contribution in [0.5, 0.6) is 11.5 Å². The topological polar surface area (TPSA) is 55.8 Å². The van der Waals surface area contributed by atoms with Crippen molar-refractivity contribution in [3.05, 3.63) is 24.3 Å². The first-order chi connectivity index (χ1) is 9.06. The van der Waals surface area contributed by atoms with Gasteiger partial charge in [-0.15, -0.1) is 0 Å². The predicted octanol–water partition coefficient (Wildman–Crippen LogP) is 2.97. The van der Waals surface area contributed by atoms with Crippen LogP contribution in [0.15, 0.2) is 24.3 Å². The second-order valence-electron chi connectivity index (χ2n) is 5.27. The molecule has 19 heavy (non-hydrogen) atoms. The molecule has 1 fully saturated rings. The van der Waals surface area contributed by atoms with Crippen molar-refractivity contribution >= 4 is 5.97 Å². The Balaban J connectivity index is 1.86. The van der Waals surface area contributed by atoms with E-state index >= 15 is 0 Å². The van der Waals surface area contributed by atoms with E-state index in [1.165, 1.54) is 0 Å². The van der Waals surface area contributed by atoms with Gasteiger partial charge in [0, 0.05) is 0 Å². The molecule has 1 N–H and O–H groups in total. The summed E-state index contributed by atoms with van der Waals surface area (Å²) in [5, 5.41) is 9.34. The van der Waals surface area contributed by atoms with E-state index in [2.05, 4.69) is 0 Å². The van der Waals surface area contributed by atoms with Crippen LogP contribution in [0.1, 0.15) is 26.2 Å². The third-order valence-corrected chi connectivity index (χ3v) is 3.92. The van der Waals surface area contributed by atoms with Crippen molar-refractivity contribution in [1.82, 2.24) is 0 Å². The Morgan fingerprint density at radius 1 is 1.32 bits per heavy atom. The number of carboxylic acids is 1.